The van der Waals surface area contributed by atoms with Crippen LogP contribution in [-0.4, -0.2) is 17.6 Å². The Morgan fingerprint density at radius 2 is 2.26 bits per heavy atom. The van der Waals surface area contributed by atoms with Gasteiger partial charge in [0.25, 0.3) is 0 Å². The van der Waals surface area contributed by atoms with E-state index in [0.29, 0.717) is 17.5 Å². The summed E-state index contributed by atoms with van der Waals surface area (Å²) in [4.78, 5) is 0. The Bertz CT molecular complexity index is 484. The summed E-state index contributed by atoms with van der Waals surface area (Å²) in [7, 11) is 0. The van der Waals surface area contributed by atoms with Gasteiger partial charge in [-0.3, -0.25) is 0 Å². The van der Waals surface area contributed by atoms with Crippen LogP contribution in [0, 0.1) is 11.2 Å². The van der Waals surface area contributed by atoms with Crippen LogP contribution in [0.3, 0.4) is 0 Å². The van der Waals surface area contributed by atoms with Gasteiger partial charge in [-0.15, -0.1) is 0 Å². The van der Waals surface area contributed by atoms with Crippen molar-refractivity contribution >= 4 is 5.84 Å². The Labute approximate surface area is 112 Å². The van der Waals surface area contributed by atoms with Crippen LogP contribution in [0.15, 0.2) is 23.4 Å². The molecule has 1 aliphatic carbocycles. The zero-order valence-corrected chi connectivity index (χ0v) is 11.1. The molecule has 0 atom stereocenters. The van der Waals surface area contributed by atoms with Crippen LogP contribution in [-0.2, 0) is 6.54 Å². The molecule has 0 unspecified atom stereocenters. The molecule has 0 bridgehead atoms. The van der Waals surface area contributed by atoms with Crippen LogP contribution in [0.2, 0.25) is 0 Å². The maximum absolute atomic E-state index is 13.2. The molecule has 0 amide bonds. The zero-order chi connectivity index (χ0) is 13.9. The second-order valence-electron chi connectivity index (χ2n) is 5.24. The average molecular weight is 265 g/mol. The van der Waals surface area contributed by atoms with E-state index in [9.17, 15) is 4.39 Å². The number of rotatable bonds is 6. The van der Waals surface area contributed by atoms with Gasteiger partial charge in [-0.1, -0.05) is 18.1 Å². The SMILES string of the molecule is CCC1(CNCc2ccc(F)cc2/C(N)=N/O)CC1. The van der Waals surface area contributed by atoms with E-state index in [1.807, 2.05) is 0 Å². The van der Waals surface area contributed by atoms with Gasteiger partial charge in [0.15, 0.2) is 5.84 Å². The molecule has 1 aromatic rings. The monoisotopic (exact) mass is 265 g/mol. The highest BCUT2D eigenvalue weighted by Crippen LogP contribution is 2.47. The predicted molar refractivity (Wildman–Crippen MR) is 72.6 cm³/mol. The lowest BCUT2D eigenvalue weighted by Crippen LogP contribution is -2.25. The van der Waals surface area contributed by atoms with Crippen molar-refractivity contribution in [2.45, 2.75) is 32.7 Å². The molecule has 0 aliphatic heterocycles. The van der Waals surface area contributed by atoms with Gasteiger partial charge in [0, 0.05) is 18.7 Å². The first-order valence-electron chi connectivity index (χ1n) is 6.57. The number of nitrogens with two attached hydrogens (primary N) is 1. The summed E-state index contributed by atoms with van der Waals surface area (Å²) in [6.45, 7) is 3.75. The third-order valence-corrected chi connectivity index (χ3v) is 3.98. The molecule has 4 nitrogen and oxygen atoms in total. The van der Waals surface area contributed by atoms with Crippen molar-refractivity contribution < 1.29 is 9.60 Å². The fourth-order valence-electron chi connectivity index (χ4n) is 2.29. The fraction of sp³-hybridized carbons (Fsp3) is 0.500. The topological polar surface area (TPSA) is 70.6 Å². The highest BCUT2D eigenvalue weighted by molar-refractivity contribution is 5.98. The van der Waals surface area contributed by atoms with Gasteiger partial charge in [-0.2, -0.15) is 0 Å². The van der Waals surface area contributed by atoms with Gasteiger partial charge in [0.05, 0.1) is 0 Å². The molecule has 1 aliphatic rings. The molecule has 0 aromatic heterocycles. The molecule has 19 heavy (non-hydrogen) atoms. The molecule has 2 rings (SSSR count). The minimum absolute atomic E-state index is 0.0621. The zero-order valence-electron chi connectivity index (χ0n) is 11.1. The van der Waals surface area contributed by atoms with E-state index in [0.717, 1.165) is 12.1 Å². The normalized spacial score (nSPS) is 17.5. The number of nitrogens with zero attached hydrogens (tertiary/aromatic N) is 1. The number of hydrogen-bond donors (Lipinski definition) is 3. The van der Waals surface area contributed by atoms with E-state index in [1.165, 1.54) is 31.4 Å². The summed E-state index contributed by atoms with van der Waals surface area (Å²) >= 11 is 0. The molecule has 0 radical (unpaired) electrons. The van der Waals surface area contributed by atoms with Gasteiger partial charge in [0.1, 0.15) is 5.82 Å². The summed E-state index contributed by atoms with van der Waals surface area (Å²) in [6.07, 6.45) is 3.72. The molecule has 4 N–H and O–H groups in total. The third kappa shape index (κ3) is 3.23. The van der Waals surface area contributed by atoms with Crippen LogP contribution in [0.4, 0.5) is 4.39 Å². The Balaban J connectivity index is 2.03. The van der Waals surface area contributed by atoms with Crippen molar-refractivity contribution in [3.05, 3.63) is 35.1 Å². The molecule has 1 saturated carbocycles. The van der Waals surface area contributed by atoms with E-state index in [2.05, 4.69) is 17.4 Å². The number of amidine groups is 1. The van der Waals surface area contributed by atoms with E-state index in [1.54, 1.807) is 6.07 Å². The van der Waals surface area contributed by atoms with Gasteiger partial charge in [-0.05, 0) is 42.4 Å². The van der Waals surface area contributed by atoms with Crippen molar-refractivity contribution in [1.29, 1.82) is 0 Å². The highest BCUT2D eigenvalue weighted by atomic mass is 19.1. The Morgan fingerprint density at radius 1 is 1.53 bits per heavy atom. The first kappa shape index (κ1) is 13.8. The lowest BCUT2D eigenvalue weighted by atomic mass is 10.0. The van der Waals surface area contributed by atoms with Crippen molar-refractivity contribution in [2.24, 2.45) is 16.3 Å². The lowest BCUT2D eigenvalue weighted by Gasteiger charge is -2.15. The van der Waals surface area contributed by atoms with Crippen LogP contribution in [0.5, 0.6) is 0 Å². The number of nitrogens with one attached hydrogen (secondary N) is 1. The standard InChI is InChI=1S/C14H20FN3O/c1-2-14(5-6-14)9-17-8-10-3-4-11(15)7-12(10)13(16)18-19/h3-4,7,17,19H,2,5-6,8-9H2,1H3,(H2,16,18). The smallest absolute Gasteiger partial charge is 0.170 e. The maximum Gasteiger partial charge on any atom is 0.170 e. The largest absolute Gasteiger partial charge is 0.409 e. The second-order valence-corrected chi connectivity index (χ2v) is 5.24. The molecule has 0 spiro atoms. The van der Waals surface area contributed by atoms with Crippen LogP contribution in [0.25, 0.3) is 0 Å². The van der Waals surface area contributed by atoms with Crippen LogP contribution in [0.1, 0.15) is 37.3 Å². The predicted octanol–water partition coefficient (Wildman–Crippen LogP) is 2.20. The van der Waals surface area contributed by atoms with Crippen molar-refractivity contribution in [3.63, 3.8) is 0 Å². The van der Waals surface area contributed by atoms with Crippen LogP contribution < -0.4 is 11.1 Å². The summed E-state index contributed by atoms with van der Waals surface area (Å²) in [6, 6.07) is 4.35. The van der Waals surface area contributed by atoms with E-state index in [-0.39, 0.29) is 5.84 Å². The van der Waals surface area contributed by atoms with Gasteiger partial charge >= 0.3 is 0 Å². The third-order valence-electron chi connectivity index (χ3n) is 3.98. The summed E-state index contributed by atoms with van der Waals surface area (Å²) < 4.78 is 13.2. The first-order chi connectivity index (χ1) is 9.10. The van der Waals surface area contributed by atoms with Crippen LogP contribution >= 0.6 is 0 Å². The Kier molecular flexibility index (Phi) is 4.04. The molecule has 1 fully saturated rings. The first-order valence-corrected chi connectivity index (χ1v) is 6.57. The minimum atomic E-state index is -0.391. The number of hydrogen-bond acceptors (Lipinski definition) is 3. The summed E-state index contributed by atoms with van der Waals surface area (Å²) in [5.41, 5.74) is 7.30. The second kappa shape index (κ2) is 5.57. The van der Waals surface area contributed by atoms with Crippen molar-refractivity contribution in [2.75, 3.05) is 6.54 Å². The summed E-state index contributed by atoms with van der Waals surface area (Å²) in [5, 5.41) is 15.1. The molecule has 1 aromatic carbocycles. The molecule has 104 valence electrons. The molecule has 0 saturated heterocycles. The Morgan fingerprint density at radius 3 is 2.84 bits per heavy atom. The van der Waals surface area contributed by atoms with Gasteiger partial charge in [0.2, 0.25) is 0 Å². The van der Waals surface area contributed by atoms with Gasteiger partial charge < -0.3 is 16.3 Å². The summed E-state index contributed by atoms with van der Waals surface area (Å²) in [5.74, 6) is -0.453. The van der Waals surface area contributed by atoms with Crippen molar-refractivity contribution in [1.82, 2.24) is 5.32 Å². The maximum atomic E-state index is 13.2. The Hall–Kier alpha value is -1.62. The highest BCUT2D eigenvalue weighted by Gasteiger charge is 2.39. The minimum Gasteiger partial charge on any atom is -0.409 e. The lowest BCUT2D eigenvalue weighted by molar-refractivity contribution is 0.318. The molecular weight excluding hydrogens is 245 g/mol. The van der Waals surface area contributed by atoms with E-state index in [4.69, 9.17) is 10.9 Å². The van der Waals surface area contributed by atoms with Gasteiger partial charge in [-0.25, -0.2) is 4.39 Å². The average Bonchev–Trinajstić information content (AvgIpc) is 3.20. The quantitative estimate of drug-likeness (QED) is 0.319. The fourth-order valence-corrected chi connectivity index (χ4v) is 2.29. The molecular formula is C14H20FN3O. The number of oxime groups is 1. The number of halogens is 1. The molecule has 0 heterocycles. The molecule has 5 heteroatoms. The number of benzene rings is 1. The van der Waals surface area contributed by atoms with E-state index >= 15 is 0 Å². The van der Waals surface area contributed by atoms with E-state index < -0.39 is 5.82 Å². The van der Waals surface area contributed by atoms with Crippen molar-refractivity contribution in [3.8, 4) is 0 Å².